The minimum atomic E-state index is -0.461. The van der Waals surface area contributed by atoms with Gasteiger partial charge < -0.3 is 15.0 Å². The first-order valence-electron chi connectivity index (χ1n) is 9.51. The van der Waals surface area contributed by atoms with Gasteiger partial charge in [-0.05, 0) is 36.4 Å². The molecule has 9 nitrogen and oxygen atoms in total. The molecule has 1 saturated heterocycles. The number of carbonyl (C=O) groups excluding carboxylic acids is 1. The second-order valence-corrected chi connectivity index (χ2v) is 6.68. The van der Waals surface area contributed by atoms with Gasteiger partial charge in [0.05, 0.1) is 13.2 Å². The zero-order valence-electron chi connectivity index (χ0n) is 16.2. The third-order valence-corrected chi connectivity index (χ3v) is 4.68. The molecule has 0 aliphatic carbocycles. The van der Waals surface area contributed by atoms with Crippen molar-refractivity contribution in [2.24, 2.45) is 0 Å². The van der Waals surface area contributed by atoms with Crippen LogP contribution in [0.1, 0.15) is 16.1 Å². The van der Waals surface area contributed by atoms with Crippen LogP contribution in [0.25, 0.3) is 0 Å². The predicted molar refractivity (Wildman–Crippen MR) is 112 cm³/mol. The molecule has 0 spiro atoms. The topological polar surface area (TPSA) is 120 Å². The van der Waals surface area contributed by atoms with Crippen LogP contribution in [0.5, 0.6) is 0 Å². The van der Waals surface area contributed by atoms with Crippen LogP contribution >= 0.6 is 0 Å². The Kier molecular flexibility index (Phi) is 5.62. The molecule has 3 N–H and O–H groups in total. The van der Waals surface area contributed by atoms with Gasteiger partial charge in [-0.3, -0.25) is 15.6 Å². The molecule has 0 saturated carbocycles. The average molecular weight is 403 g/mol. The summed E-state index contributed by atoms with van der Waals surface area (Å²) in [5, 5.41) is 23.6. The van der Waals surface area contributed by atoms with Crippen LogP contribution in [0, 0.1) is 10.8 Å². The molecule has 0 unspecified atom stereocenters. The van der Waals surface area contributed by atoms with Crippen molar-refractivity contribution < 1.29 is 9.53 Å². The maximum Gasteiger partial charge on any atom is 0.277 e. The van der Waals surface area contributed by atoms with Crippen molar-refractivity contribution in [1.29, 1.82) is 10.8 Å². The van der Waals surface area contributed by atoms with E-state index in [4.69, 9.17) is 15.6 Å². The maximum absolute atomic E-state index is 12.5. The van der Waals surface area contributed by atoms with Crippen molar-refractivity contribution in [3.8, 4) is 0 Å². The molecule has 4 rings (SSSR count). The molecule has 1 aliphatic heterocycles. The number of hydrogen-bond acceptors (Lipinski definition) is 7. The van der Waals surface area contributed by atoms with Gasteiger partial charge in [0.1, 0.15) is 17.0 Å². The number of aromatic nitrogens is 3. The lowest BCUT2D eigenvalue weighted by Crippen LogP contribution is -2.36. The highest BCUT2D eigenvalue weighted by Crippen LogP contribution is 2.18. The van der Waals surface area contributed by atoms with E-state index in [1.807, 2.05) is 18.2 Å². The Morgan fingerprint density at radius 3 is 2.67 bits per heavy atom. The third-order valence-electron chi connectivity index (χ3n) is 4.68. The molecule has 9 heteroatoms. The second-order valence-electron chi connectivity index (χ2n) is 6.68. The summed E-state index contributed by atoms with van der Waals surface area (Å²) in [6.45, 7) is 2.91. The van der Waals surface area contributed by atoms with E-state index < -0.39 is 5.91 Å². The Morgan fingerprint density at radius 2 is 1.90 bits per heavy atom. The van der Waals surface area contributed by atoms with Crippen molar-refractivity contribution in [3.63, 3.8) is 0 Å². The largest absolute Gasteiger partial charge is 0.378 e. The zero-order chi connectivity index (χ0) is 20.9. The summed E-state index contributed by atoms with van der Waals surface area (Å²) in [6, 6.07) is 15.6. The molecule has 1 aliphatic rings. The van der Waals surface area contributed by atoms with Gasteiger partial charge in [0.15, 0.2) is 5.84 Å². The molecule has 3 aromatic rings. The van der Waals surface area contributed by atoms with Gasteiger partial charge in [0, 0.05) is 30.5 Å². The molecule has 0 radical (unpaired) electrons. The highest BCUT2D eigenvalue weighted by atomic mass is 16.5. The number of nitrogens with zero attached hydrogens (tertiary/aromatic N) is 4. The van der Waals surface area contributed by atoms with E-state index in [-0.39, 0.29) is 17.0 Å². The number of ether oxygens (including phenoxy) is 1. The fraction of sp³-hybridized carbons (Fsp3) is 0.190. The van der Waals surface area contributed by atoms with E-state index in [0.717, 1.165) is 23.5 Å². The highest BCUT2D eigenvalue weighted by molar-refractivity contribution is 6.03. The van der Waals surface area contributed by atoms with E-state index in [2.05, 4.69) is 20.3 Å². The molecule has 152 valence electrons. The number of rotatable bonds is 4. The quantitative estimate of drug-likeness (QED) is 0.453. The van der Waals surface area contributed by atoms with Crippen molar-refractivity contribution >= 4 is 23.2 Å². The molecule has 1 fully saturated rings. The molecule has 0 atom stereocenters. The number of hydrogen-bond donors (Lipinski definition) is 3. The zero-order valence-corrected chi connectivity index (χ0v) is 16.2. The molecule has 0 bridgehead atoms. The number of morpholine rings is 1. The van der Waals surface area contributed by atoms with Gasteiger partial charge in [-0.2, -0.15) is 9.78 Å². The SMILES string of the molecule is N=C(c1cccc(N2CCOCC2)c1)n1nc(C(=O)Nc2ccccn2)ccc1=N. The van der Waals surface area contributed by atoms with Crippen LogP contribution in [0.3, 0.4) is 0 Å². The molecule has 2 aromatic heterocycles. The van der Waals surface area contributed by atoms with Crippen molar-refractivity contribution in [3.05, 3.63) is 77.5 Å². The fourth-order valence-electron chi connectivity index (χ4n) is 3.13. The normalized spacial score (nSPS) is 13.7. The lowest BCUT2D eigenvalue weighted by molar-refractivity contribution is 0.102. The minimum Gasteiger partial charge on any atom is -0.378 e. The smallest absolute Gasteiger partial charge is 0.277 e. The summed E-state index contributed by atoms with van der Waals surface area (Å²) >= 11 is 0. The Labute approximate surface area is 173 Å². The summed E-state index contributed by atoms with van der Waals surface area (Å²) in [6.07, 6.45) is 1.58. The van der Waals surface area contributed by atoms with E-state index in [1.54, 1.807) is 30.5 Å². The van der Waals surface area contributed by atoms with Gasteiger partial charge in [-0.25, -0.2) is 4.98 Å². The number of anilines is 2. The van der Waals surface area contributed by atoms with Crippen molar-refractivity contribution in [1.82, 2.24) is 14.8 Å². The lowest BCUT2D eigenvalue weighted by atomic mass is 10.1. The van der Waals surface area contributed by atoms with E-state index in [1.165, 1.54) is 12.1 Å². The Morgan fingerprint density at radius 1 is 1.07 bits per heavy atom. The van der Waals surface area contributed by atoms with E-state index in [0.29, 0.717) is 24.6 Å². The number of pyridine rings is 1. The molecular formula is C21H21N7O2. The first-order chi connectivity index (χ1) is 14.6. The number of nitrogens with one attached hydrogen (secondary N) is 3. The Balaban J connectivity index is 1.59. The van der Waals surface area contributed by atoms with Gasteiger partial charge in [0.25, 0.3) is 5.91 Å². The van der Waals surface area contributed by atoms with Crippen LogP contribution in [0.15, 0.2) is 60.8 Å². The highest BCUT2D eigenvalue weighted by Gasteiger charge is 2.15. The summed E-state index contributed by atoms with van der Waals surface area (Å²) in [4.78, 5) is 18.8. The summed E-state index contributed by atoms with van der Waals surface area (Å²) in [7, 11) is 0. The van der Waals surface area contributed by atoms with Crippen LogP contribution < -0.4 is 15.7 Å². The maximum atomic E-state index is 12.5. The molecular weight excluding hydrogens is 382 g/mol. The summed E-state index contributed by atoms with van der Waals surface area (Å²) in [5.74, 6) is -0.0426. The molecule has 30 heavy (non-hydrogen) atoms. The van der Waals surface area contributed by atoms with Crippen LogP contribution in [0.4, 0.5) is 11.5 Å². The van der Waals surface area contributed by atoms with Gasteiger partial charge in [0.2, 0.25) is 0 Å². The second kappa shape index (κ2) is 8.66. The van der Waals surface area contributed by atoms with Crippen LogP contribution in [-0.4, -0.2) is 52.8 Å². The number of amides is 1. The molecule has 3 heterocycles. The minimum absolute atomic E-state index is 0.00571. The fourth-order valence-corrected chi connectivity index (χ4v) is 3.13. The Bertz CT molecular complexity index is 1120. The van der Waals surface area contributed by atoms with E-state index in [9.17, 15) is 4.79 Å². The van der Waals surface area contributed by atoms with Crippen LogP contribution in [0.2, 0.25) is 0 Å². The molecule has 1 aromatic carbocycles. The summed E-state index contributed by atoms with van der Waals surface area (Å²) in [5.41, 5.74) is 1.68. The van der Waals surface area contributed by atoms with Crippen LogP contribution in [-0.2, 0) is 4.74 Å². The van der Waals surface area contributed by atoms with E-state index >= 15 is 0 Å². The number of carbonyl (C=O) groups is 1. The number of benzene rings is 1. The third kappa shape index (κ3) is 4.26. The molecule has 1 amide bonds. The van der Waals surface area contributed by atoms with Gasteiger partial charge in [-0.15, -0.1) is 0 Å². The first-order valence-corrected chi connectivity index (χ1v) is 9.51. The van der Waals surface area contributed by atoms with Gasteiger partial charge in [-0.1, -0.05) is 18.2 Å². The standard InChI is InChI=1S/C21H21N7O2/c22-18-8-7-17(21(29)25-19-6-1-2-9-24-19)26-28(18)20(23)15-4-3-5-16(14-15)27-10-12-30-13-11-27/h1-9,14,22-23H,10-13H2,(H,24,25,29). The summed E-state index contributed by atoms with van der Waals surface area (Å²) < 4.78 is 6.54. The average Bonchev–Trinajstić information content (AvgIpc) is 2.80. The monoisotopic (exact) mass is 403 g/mol. The van der Waals surface area contributed by atoms with Crippen molar-refractivity contribution in [2.75, 3.05) is 36.5 Å². The van der Waals surface area contributed by atoms with Gasteiger partial charge >= 0.3 is 0 Å². The lowest BCUT2D eigenvalue weighted by Gasteiger charge is -2.29. The Hall–Kier alpha value is -3.85. The first kappa shape index (κ1) is 19.5. The predicted octanol–water partition coefficient (Wildman–Crippen LogP) is 1.72. The van der Waals surface area contributed by atoms with Crippen molar-refractivity contribution in [2.45, 2.75) is 0 Å².